The van der Waals surface area contributed by atoms with E-state index in [1.54, 1.807) is 11.1 Å². The fourth-order valence-electron chi connectivity index (χ4n) is 3.66. The van der Waals surface area contributed by atoms with E-state index >= 15 is 0 Å². The third kappa shape index (κ3) is 3.33. The fraction of sp³-hybridized carbons (Fsp3) is 0.273. The minimum atomic E-state index is -0.0677. The van der Waals surface area contributed by atoms with Gasteiger partial charge in [-0.3, -0.25) is 9.78 Å². The van der Waals surface area contributed by atoms with Crippen molar-refractivity contribution in [2.24, 2.45) is 0 Å². The number of aromatic nitrogens is 1. The van der Waals surface area contributed by atoms with Gasteiger partial charge < -0.3 is 14.5 Å². The fourth-order valence-corrected chi connectivity index (χ4v) is 3.66. The molecule has 1 aliphatic rings. The van der Waals surface area contributed by atoms with Crippen molar-refractivity contribution >= 4 is 22.5 Å². The number of amides is 1. The minimum Gasteiger partial charge on any atom is -0.485 e. The maximum absolute atomic E-state index is 13.1. The monoisotopic (exact) mass is 361 g/mol. The van der Waals surface area contributed by atoms with Gasteiger partial charge in [0, 0.05) is 30.7 Å². The predicted molar refractivity (Wildman–Crippen MR) is 107 cm³/mol. The lowest BCUT2D eigenvalue weighted by Gasteiger charge is -2.37. The lowest BCUT2D eigenvalue weighted by atomic mass is 10.1. The number of ether oxygens (including phenoxy) is 1. The van der Waals surface area contributed by atoms with E-state index in [0.29, 0.717) is 12.1 Å². The number of benzene rings is 2. The predicted octanol–water partition coefficient (Wildman–Crippen LogP) is 3.59. The highest BCUT2D eigenvalue weighted by Crippen LogP contribution is 2.33. The van der Waals surface area contributed by atoms with Crippen LogP contribution in [0.4, 0.5) is 5.69 Å². The van der Waals surface area contributed by atoms with Gasteiger partial charge in [0.2, 0.25) is 0 Å². The van der Waals surface area contributed by atoms with Gasteiger partial charge in [0.15, 0.2) is 0 Å². The van der Waals surface area contributed by atoms with Crippen LogP contribution in [-0.2, 0) is 0 Å². The first kappa shape index (κ1) is 17.3. The molecule has 1 aromatic heterocycles. The summed E-state index contributed by atoms with van der Waals surface area (Å²) in [6.07, 6.45) is 1.68. The summed E-state index contributed by atoms with van der Waals surface area (Å²) in [5, 5.41) is 0.877. The molecule has 0 saturated carbocycles. The average molecular weight is 361 g/mol. The van der Waals surface area contributed by atoms with E-state index in [1.165, 1.54) is 0 Å². The highest BCUT2D eigenvalue weighted by Gasteiger charge is 2.27. The third-order valence-electron chi connectivity index (χ3n) is 5.01. The van der Waals surface area contributed by atoms with E-state index < -0.39 is 0 Å². The van der Waals surface area contributed by atoms with Gasteiger partial charge in [-0.15, -0.1) is 0 Å². The summed E-state index contributed by atoms with van der Waals surface area (Å²) in [7, 11) is 1.83. The van der Waals surface area contributed by atoms with Crippen molar-refractivity contribution in [3.63, 3.8) is 0 Å². The highest BCUT2D eigenvalue weighted by atomic mass is 16.5. The lowest BCUT2D eigenvalue weighted by Crippen LogP contribution is -2.46. The average Bonchev–Trinajstić information content (AvgIpc) is 2.72. The maximum Gasteiger partial charge on any atom is 0.254 e. The van der Waals surface area contributed by atoms with Crippen molar-refractivity contribution < 1.29 is 9.53 Å². The van der Waals surface area contributed by atoms with Gasteiger partial charge in [0.1, 0.15) is 11.9 Å². The molecule has 1 atom stereocenters. The van der Waals surface area contributed by atoms with Gasteiger partial charge in [-0.1, -0.05) is 24.3 Å². The summed E-state index contributed by atoms with van der Waals surface area (Å²) < 4.78 is 6.16. The van der Waals surface area contributed by atoms with E-state index in [1.807, 2.05) is 55.6 Å². The number of fused-ring (bicyclic) bond motifs is 2. The summed E-state index contributed by atoms with van der Waals surface area (Å²) in [6.45, 7) is 4.34. The van der Waals surface area contributed by atoms with Crippen molar-refractivity contribution in [2.75, 3.05) is 31.6 Å². The van der Waals surface area contributed by atoms with Crippen molar-refractivity contribution in [1.82, 2.24) is 9.88 Å². The van der Waals surface area contributed by atoms with Gasteiger partial charge in [-0.2, -0.15) is 0 Å². The first-order valence-electron chi connectivity index (χ1n) is 9.27. The zero-order chi connectivity index (χ0) is 18.8. The van der Waals surface area contributed by atoms with E-state index in [-0.39, 0.29) is 12.0 Å². The van der Waals surface area contributed by atoms with Gasteiger partial charge >= 0.3 is 0 Å². The summed E-state index contributed by atoms with van der Waals surface area (Å²) in [5.74, 6) is 0.866. The van der Waals surface area contributed by atoms with Gasteiger partial charge in [0.05, 0.1) is 24.3 Å². The van der Waals surface area contributed by atoms with Crippen LogP contribution in [0.2, 0.25) is 0 Å². The SMILES string of the molecule is CCN1C[C@H](CN(C)C(=O)c2cccc3ncccc23)Oc2ccccc21. The molecule has 2 heterocycles. The number of carbonyl (C=O) groups is 1. The van der Waals surface area contributed by atoms with Crippen LogP contribution in [0.15, 0.2) is 60.8 Å². The van der Waals surface area contributed by atoms with E-state index in [0.717, 1.165) is 35.4 Å². The summed E-state index contributed by atoms with van der Waals surface area (Å²) in [5.41, 5.74) is 2.62. The Balaban J connectivity index is 1.54. The molecule has 1 amide bonds. The second-order valence-corrected chi connectivity index (χ2v) is 6.81. The molecule has 3 aromatic rings. The Morgan fingerprint density at radius 3 is 2.89 bits per heavy atom. The molecule has 0 unspecified atom stereocenters. The summed E-state index contributed by atoms with van der Waals surface area (Å²) in [6, 6.07) is 17.5. The van der Waals surface area contributed by atoms with E-state index in [9.17, 15) is 4.79 Å². The van der Waals surface area contributed by atoms with Crippen LogP contribution >= 0.6 is 0 Å². The first-order valence-corrected chi connectivity index (χ1v) is 9.27. The molecule has 27 heavy (non-hydrogen) atoms. The minimum absolute atomic E-state index is 0.0147. The lowest BCUT2D eigenvalue weighted by molar-refractivity contribution is 0.0711. The molecule has 2 aromatic carbocycles. The van der Waals surface area contributed by atoms with Crippen LogP contribution in [0.25, 0.3) is 10.9 Å². The number of hydrogen-bond donors (Lipinski definition) is 0. The van der Waals surface area contributed by atoms with Gasteiger partial charge in [0.25, 0.3) is 5.91 Å². The smallest absolute Gasteiger partial charge is 0.254 e. The normalized spacial score (nSPS) is 15.9. The molecule has 0 bridgehead atoms. The maximum atomic E-state index is 13.1. The van der Waals surface area contributed by atoms with Crippen molar-refractivity contribution in [3.8, 4) is 5.75 Å². The second-order valence-electron chi connectivity index (χ2n) is 6.81. The standard InChI is InChI=1S/C22H23N3O2/c1-3-25-15-16(27-21-12-5-4-11-20(21)25)14-24(2)22(26)18-8-6-10-19-17(18)9-7-13-23-19/h4-13,16H,3,14-15H2,1-2H3/t16-/m0/s1. The Morgan fingerprint density at radius 2 is 2.04 bits per heavy atom. The first-order chi connectivity index (χ1) is 13.2. The van der Waals surface area contributed by atoms with Crippen LogP contribution in [0.1, 0.15) is 17.3 Å². The number of pyridine rings is 1. The van der Waals surface area contributed by atoms with E-state index in [4.69, 9.17) is 4.74 Å². The molecule has 1 aliphatic heterocycles. The molecule has 5 nitrogen and oxygen atoms in total. The summed E-state index contributed by atoms with van der Waals surface area (Å²) in [4.78, 5) is 21.4. The molecule has 4 rings (SSSR count). The Hall–Kier alpha value is -3.08. The summed E-state index contributed by atoms with van der Waals surface area (Å²) >= 11 is 0. The van der Waals surface area contributed by atoms with Crippen LogP contribution in [0, 0.1) is 0 Å². The van der Waals surface area contributed by atoms with Gasteiger partial charge in [-0.25, -0.2) is 0 Å². The van der Waals surface area contributed by atoms with Crippen molar-refractivity contribution in [2.45, 2.75) is 13.0 Å². The number of anilines is 1. The van der Waals surface area contributed by atoms with E-state index in [2.05, 4.69) is 22.9 Å². The zero-order valence-corrected chi connectivity index (χ0v) is 15.6. The molecule has 5 heteroatoms. The van der Waals surface area contributed by atoms with Crippen LogP contribution in [0.5, 0.6) is 5.75 Å². The quantitative estimate of drug-likeness (QED) is 0.712. The highest BCUT2D eigenvalue weighted by molar-refractivity contribution is 6.06. The Labute approximate surface area is 159 Å². The number of hydrogen-bond acceptors (Lipinski definition) is 4. The molecule has 0 fully saturated rings. The molecule has 0 aliphatic carbocycles. The molecule has 0 saturated heterocycles. The molecule has 0 radical (unpaired) electrons. The van der Waals surface area contributed by atoms with Crippen molar-refractivity contribution in [1.29, 1.82) is 0 Å². The largest absolute Gasteiger partial charge is 0.485 e. The van der Waals surface area contributed by atoms with Crippen LogP contribution < -0.4 is 9.64 Å². The molecular formula is C22H23N3O2. The Morgan fingerprint density at radius 1 is 1.19 bits per heavy atom. The Bertz CT molecular complexity index is 967. The molecule has 0 N–H and O–H groups in total. The number of likely N-dealkylation sites (N-methyl/N-ethyl adjacent to an activating group) is 2. The molecular weight excluding hydrogens is 338 g/mol. The third-order valence-corrected chi connectivity index (χ3v) is 5.01. The number of carbonyl (C=O) groups excluding carboxylic acids is 1. The van der Waals surface area contributed by atoms with Crippen LogP contribution in [-0.4, -0.2) is 48.6 Å². The van der Waals surface area contributed by atoms with Crippen LogP contribution in [0.3, 0.4) is 0 Å². The molecule has 0 spiro atoms. The second kappa shape index (κ2) is 7.27. The topological polar surface area (TPSA) is 45.7 Å². The number of para-hydroxylation sites is 2. The zero-order valence-electron chi connectivity index (χ0n) is 15.6. The van der Waals surface area contributed by atoms with Gasteiger partial charge in [-0.05, 0) is 37.3 Å². The number of rotatable bonds is 4. The number of nitrogens with zero attached hydrogens (tertiary/aromatic N) is 3. The van der Waals surface area contributed by atoms with Crippen molar-refractivity contribution in [3.05, 3.63) is 66.4 Å². The molecule has 138 valence electrons. The Kier molecular flexibility index (Phi) is 4.67.